The molecular weight excluding hydrogens is 270 g/mol. The van der Waals surface area contributed by atoms with Crippen LogP contribution in [0.2, 0.25) is 0 Å². The first kappa shape index (κ1) is 13.2. The highest BCUT2D eigenvalue weighted by Crippen LogP contribution is 2.37. The topological polar surface area (TPSA) is 76.3 Å². The van der Waals surface area contributed by atoms with Crippen LogP contribution in [-0.2, 0) is 17.6 Å². The molecule has 1 aliphatic rings. The number of anilines is 1. The summed E-state index contributed by atoms with van der Waals surface area (Å²) in [6.07, 6.45) is 2.42. The van der Waals surface area contributed by atoms with Gasteiger partial charge in [-0.3, -0.25) is 19.9 Å². The van der Waals surface area contributed by atoms with Crippen molar-refractivity contribution in [2.75, 3.05) is 11.4 Å². The molecule has 1 aromatic heterocycles. The maximum atomic E-state index is 12.4. The summed E-state index contributed by atoms with van der Waals surface area (Å²) >= 11 is 0. The number of hydrogen-bond acceptors (Lipinski definition) is 4. The first-order chi connectivity index (χ1) is 10.2. The summed E-state index contributed by atoms with van der Waals surface area (Å²) in [5.41, 5.74) is 1.93. The van der Waals surface area contributed by atoms with Crippen molar-refractivity contribution >= 4 is 17.3 Å². The Morgan fingerprint density at radius 1 is 1.29 bits per heavy atom. The quantitative estimate of drug-likeness (QED) is 0.638. The molecule has 0 radical (unpaired) electrons. The van der Waals surface area contributed by atoms with E-state index in [-0.39, 0.29) is 18.0 Å². The minimum atomic E-state index is -0.439. The number of rotatable bonds is 3. The van der Waals surface area contributed by atoms with Crippen molar-refractivity contribution in [1.29, 1.82) is 0 Å². The predicted octanol–water partition coefficient (Wildman–Crippen LogP) is 2.12. The average molecular weight is 283 g/mol. The molecule has 0 fully saturated rings. The molecule has 106 valence electrons. The largest absolute Gasteiger partial charge is 0.306 e. The maximum absolute atomic E-state index is 12.4. The molecule has 0 saturated heterocycles. The second kappa shape index (κ2) is 5.32. The number of hydrogen-bond donors (Lipinski definition) is 0. The van der Waals surface area contributed by atoms with Gasteiger partial charge in [-0.2, -0.15) is 0 Å². The van der Waals surface area contributed by atoms with Crippen LogP contribution < -0.4 is 4.90 Å². The minimum Gasteiger partial charge on any atom is -0.306 e. The molecule has 3 rings (SSSR count). The van der Waals surface area contributed by atoms with Crippen LogP contribution >= 0.6 is 0 Å². The Labute approximate surface area is 121 Å². The van der Waals surface area contributed by atoms with Gasteiger partial charge in [0.1, 0.15) is 5.69 Å². The van der Waals surface area contributed by atoms with Crippen molar-refractivity contribution in [2.45, 2.75) is 12.8 Å². The molecule has 0 atom stereocenters. The predicted molar refractivity (Wildman–Crippen MR) is 77.1 cm³/mol. The fraction of sp³-hybridized carbons (Fsp3) is 0.200. The van der Waals surface area contributed by atoms with E-state index in [9.17, 15) is 14.9 Å². The number of benzene rings is 1. The summed E-state index contributed by atoms with van der Waals surface area (Å²) in [5.74, 6) is -0.165. The van der Waals surface area contributed by atoms with Gasteiger partial charge in [0, 0.05) is 24.5 Å². The lowest BCUT2D eigenvalue weighted by atomic mass is 10.1. The van der Waals surface area contributed by atoms with Gasteiger partial charge in [-0.1, -0.05) is 18.2 Å². The van der Waals surface area contributed by atoms with E-state index in [1.54, 1.807) is 24.4 Å². The SMILES string of the molecule is O=C(Cc1ccccn1)N1CCc2cccc([N+](=O)[O-])c21. The standard InChI is InChI=1S/C15H13N3O3/c19-14(10-12-5-1-2-8-16-12)17-9-7-11-4-3-6-13(15(11)17)18(20)21/h1-6,8H,7,9-10H2. The maximum Gasteiger partial charge on any atom is 0.293 e. The zero-order valence-corrected chi connectivity index (χ0v) is 11.2. The highest BCUT2D eigenvalue weighted by atomic mass is 16.6. The van der Waals surface area contributed by atoms with Gasteiger partial charge in [-0.05, 0) is 24.1 Å². The molecule has 6 nitrogen and oxygen atoms in total. The van der Waals surface area contributed by atoms with Crippen LogP contribution in [0.4, 0.5) is 11.4 Å². The lowest BCUT2D eigenvalue weighted by Crippen LogP contribution is -2.31. The Balaban J connectivity index is 1.90. The van der Waals surface area contributed by atoms with Crippen LogP contribution in [0.15, 0.2) is 42.6 Å². The van der Waals surface area contributed by atoms with Gasteiger partial charge < -0.3 is 4.90 Å². The lowest BCUT2D eigenvalue weighted by Gasteiger charge is -2.17. The van der Waals surface area contributed by atoms with Gasteiger partial charge in [0.25, 0.3) is 5.69 Å². The van der Waals surface area contributed by atoms with Crippen LogP contribution in [0, 0.1) is 10.1 Å². The number of fused-ring (bicyclic) bond motifs is 1. The molecule has 0 N–H and O–H groups in total. The first-order valence-corrected chi connectivity index (χ1v) is 6.63. The number of aromatic nitrogens is 1. The van der Waals surface area contributed by atoms with Gasteiger partial charge >= 0.3 is 0 Å². The number of nitro groups is 1. The van der Waals surface area contributed by atoms with Crippen LogP contribution in [0.25, 0.3) is 0 Å². The van der Waals surface area contributed by atoms with Crippen molar-refractivity contribution < 1.29 is 9.72 Å². The van der Waals surface area contributed by atoms with Crippen LogP contribution in [0.3, 0.4) is 0 Å². The smallest absolute Gasteiger partial charge is 0.293 e. The van der Waals surface area contributed by atoms with Crippen molar-refractivity contribution in [3.63, 3.8) is 0 Å². The molecule has 0 spiro atoms. The second-order valence-corrected chi connectivity index (χ2v) is 4.84. The third kappa shape index (κ3) is 2.47. The number of pyridine rings is 1. The molecule has 21 heavy (non-hydrogen) atoms. The van der Waals surface area contributed by atoms with E-state index >= 15 is 0 Å². The fourth-order valence-electron chi connectivity index (χ4n) is 2.58. The molecule has 2 heterocycles. The minimum absolute atomic E-state index is 0.0145. The molecule has 0 aliphatic carbocycles. The molecule has 1 amide bonds. The Morgan fingerprint density at radius 3 is 2.86 bits per heavy atom. The van der Waals surface area contributed by atoms with Gasteiger partial charge in [0.15, 0.2) is 0 Å². The zero-order valence-electron chi connectivity index (χ0n) is 11.2. The number of carbonyl (C=O) groups excluding carboxylic acids is 1. The van der Waals surface area contributed by atoms with Crippen molar-refractivity contribution in [3.8, 4) is 0 Å². The van der Waals surface area contributed by atoms with Crippen LogP contribution in [0.5, 0.6) is 0 Å². The van der Waals surface area contributed by atoms with E-state index < -0.39 is 4.92 Å². The lowest BCUT2D eigenvalue weighted by molar-refractivity contribution is -0.384. The molecule has 0 unspecified atom stereocenters. The monoisotopic (exact) mass is 283 g/mol. The highest BCUT2D eigenvalue weighted by Gasteiger charge is 2.31. The molecule has 1 aromatic carbocycles. The van der Waals surface area contributed by atoms with E-state index in [1.165, 1.54) is 11.0 Å². The van der Waals surface area contributed by atoms with Gasteiger partial charge in [0.2, 0.25) is 5.91 Å². The summed E-state index contributed by atoms with van der Waals surface area (Å²) in [6, 6.07) is 10.3. The molecular formula is C15H13N3O3. The third-order valence-electron chi connectivity index (χ3n) is 3.53. The first-order valence-electron chi connectivity index (χ1n) is 6.63. The number of nitro benzene ring substituents is 1. The van der Waals surface area contributed by atoms with E-state index in [0.717, 1.165) is 5.56 Å². The van der Waals surface area contributed by atoms with E-state index in [1.807, 2.05) is 12.1 Å². The normalized spacial score (nSPS) is 13.0. The second-order valence-electron chi connectivity index (χ2n) is 4.84. The molecule has 0 saturated carbocycles. The Bertz CT molecular complexity index is 701. The Kier molecular flexibility index (Phi) is 3.35. The summed E-state index contributed by atoms with van der Waals surface area (Å²) in [5, 5.41) is 11.1. The molecule has 1 aliphatic heterocycles. The molecule has 6 heteroatoms. The number of para-hydroxylation sites is 1. The number of amides is 1. The number of nitrogens with zero attached hydrogens (tertiary/aromatic N) is 3. The molecule has 2 aromatic rings. The van der Waals surface area contributed by atoms with Crippen molar-refractivity contribution in [3.05, 3.63) is 64.0 Å². The Hall–Kier alpha value is -2.76. The van der Waals surface area contributed by atoms with Gasteiger partial charge in [-0.25, -0.2) is 0 Å². The van der Waals surface area contributed by atoms with Crippen molar-refractivity contribution in [2.24, 2.45) is 0 Å². The zero-order chi connectivity index (χ0) is 14.8. The summed E-state index contributed by atoms with van der Waals surface area (Å²) < 4.78 is 0. The summed E-state index contributed by atoms with van der Waals surface area (Å²) in [7, 11) is 0. The third-order valence-corrected chi connectivity index (χ3v) is 3.53. The summed E-state index contributed by atoms with van der Waals surface area (Å²) in [4.78, 5) is 28.7. The van der Waals surface area contributed by atoms with Crippen LogP contribution in [-0.4, -0.2) is 22.4 Å². The fourth-order valence-corrected chi connectivity index (χ4v) is 2.58. The molecule has 0 bridgehead atoms. The van der Waals surface area contributed by atoms with E-state index in [2.05, 4.69) is 4.98 Å². The van der Waals surface area contributed by atoms with Gasteiger partial charge in [0.05, 0.1) is 11.3 Å². The number of carbonyl (C=O) groups is 1. The highest BCUT2D eigenvalue weighted by molar-refractivity contribution is 5.99. The Morgan fingerprint density at radius 2 is 2.14 bits per heavy atom. The summed E-state index contributed by atoms with van der Waals surface area (Å²) in [6.45, 7) is 0.478. The van der Waals surface area contributed by atoms with Crippen LogP contribution in [0.1, 0.15) is 11.3 Å². The van der Waals surface area contributed by atoms with Crippen molar-refractivity contribution in [1.82, 2.24) is 4.98 Å². The van der Waals surface area contributed by atoms with E-state index in [0.29, 0.717) is 24.3 Å². The van der Waals surface area contributed by atoms with Gasteiger partial charge in [-0.15, -0.1) is 0 Å². The van der Waals surface area contributed by atoms with E-state index in [4.69, 9.17) is 0 Å². The average Bonchev–Trinajstić information content (AvgIpc) is 2.92.